The molecule has 0 fully saturated rings. The van der Waals surface area contributed by atoms with Gasteiger partial charge in [-0.2, -0.15) is 0 Å². The summed E-state index contributed by atoms with van der Waals surface area (Å²) in [5.74, 6) is -0.993. The Labute approximate surface area is 109 Å². The van der Waals surface area contributed by atoms with Crippen LogP contribution in [0, 0.1) is 0 Å². The molecule has 0 aromatic rings. The van der Waals surface area contributed by atoms with E-state index in [-0.39, 0.29) is 6.04 Å². The number of nitrogens with zero attached hydrogens (tertiary/aromatic N) is 1. The molecule has 0 bridgehead atoms. The van der Waals surface area contributed by atoms with E-state index in [1.54, 1.807) is 0 Å². The van der Waals surface area contributed by atoms with Gasteiger partial charge < -0.3 is 20.6 Å². The highest BCUT2D eigenvalue weighted by molar-refractivity contribution is 5.82. The van der Waals surface area contributed by atoms with Crippen LogP contribution in [0.1, 0.15) is 33.1 Å². The molecule has 0 spiro atoms. The predicted molar refractivity (Wildman–Crippen MR) is 70.6 cm³/mol. The summed E-state index contributed by atoms with van der Waals surface area (Å²) in [5.41, 5.74) is 0. The van der Waals surface area contributed by atoms with Gasteiger partial charge in [0.25, 0.3) is 0 Å². The summed E-state index contributed by atoms with van der Waals surface area (Å²) in [6, 6.07) is -1.21. The smallest absolute Gasteiger partial charge is 0.326 e. The number of nitrogens with one attached hydrogen (secondary N) is 2. The Morgan fingerprint density at radius 3 is 2.28 bits per heavy atom. The number of carboxylic acid groups (broad SMARTS) is 1. The number of urea groups is 1. The second-order valence-electron chi connectivity index (χ2n) is 4.79. The van der Waals surface area contributed by atoms with Crippen molar-refractivity contribution in [3.8, 4) is 0 Å². The summed E-state index contributed by atoms with van der Waals surface area (Å²) in [6.07, 6.45) is 1.98. The lowest BCUT2D eigenvalue weighted by Gasteiger charge is -2.19. The van der Waals surface area contributed by atoms with Crippen molar-refractivity contribution < 1.29 is 14.7 Å². The number of carboxylic acids is 1. The highest BCUT2D eigenvalue weighted by Crippen LogP contribution is 1.97. The first-order valence-electron chi connectivity index (χ1n) is 6.31. The quantitative estimate of drug-likeness (QED) is 0.604. The number of aliphatic carboxylic acids is 1. The van der Waals surface area contributed by atoms with Crippen molar-refractivity contribution in [2.45, 2.75) is 45.2 Å². The van der Waals surface area contributed by atoms with E-state index in [1.807, 2.05) is 32.8 Å². The van der Waals surface area contributed by atoms with Crippen LogP contribution < -0.4 is 10.6 Å². The van der Waals surface area contributed by atoms with E-state index >= 15 is 0 Å². The normalized spacial score (nSPS) is 14.1. The Hall–Kier alpha value is -1.30. The molecule has 0 aliphatic rings. The Bertz CT molecular complexity index is 269. The van der Waals surface area contributed by atoms with E-state index < -0.39 is 18.0 Å². The molecule has 0 radical (unpaired) electrons. The van der Waals surface area contributed by atoms with Crippen LogP contribution in [0.5, 0.6) is 0 Å². The average molecular weight is 259 g/mol. The summed E-state index contributed by atoms with van der Waals surface area (Å²) in [5, 5.41) is 14.1. The lowest BCUT2D eigenvalue weighted by molar-refractivity contribution is -0.139. The van der Waals surface area contributed by atoms with Gasteiger partial charge in [-0.15, -0.1) is 0 Å². The third-order valence-corrected chi connectivity index (χ3v) is 2.57. The zero-order chi connectivity index (χ0) is 14.1. The fourth-order valence-electron chi connectivity index (χ4n) is 1.49. The molecule has 106 valence electrons. The third kappa shape index (κ3) is 7.89. The van der Waals surface area contributed by atoms with Crippen LogP contribution in [0.25, 0.3) is 0 Å². The van der Waals surface area contributed by atoms with Crippen molar-refractivity contribution >= 4 is 12.0 Å². The maximum Gasteiger partial charge on any atom is 0.326 e. The Kier molecular flexibility index (Phi) is 8.11. The monoisotopic (exact) mass is 259 g/mol. The summed E-state index contributed by atoms with van der Waals surface area (Å²) in [4.78, 5) is 24.5. The molecule has 2 atom stereocenters. The lowest BCUT2D eigenvalue weighted by atomic mass is 10.2. The minimum Gasteiger partial charge on any atom is -0.480 e. The molecule has 2 amide bonds. The average Bonchev–Trinajstić information content (AvgIpc) is 2.25. The molecular weight excluding hydrogens is 234 g/mol. The number of carbonyl (C=O) groups is 2. The van der Waals surface area contributed by atoms with Gasteiger partial charge in [-0.05, 0) is 40.4 Å². The highest BCUT2D eigenvalue weighted by Gasteiger charge is 2.19. The predicted octanol–water partition coefficient (Wildman–Crippen LogP) is 0.879. The van der Waals surface area contributed by atoms with Gasteiger partial charge in [-0.25, -0.2) is 9.59 Å². The minimum atomic E-state index is -0.993. The van der Waals surface area contributed by atoms with E-state index in [4.69, 9.17) is 5.11 Å². The standard InChI is InChI=1S/C12H25N3O3/c1-5-6-10(11(16)17)14-12(18)13-9(2)7-8-15(3)4/h9-10H,5-8H2,1-4H3,(H,16,17)(H2,13,14,18)/t9?,10-/m0/s1. The van der Waals surface area contributed by atoms with Crippen molar-refractivity contribution in [1.82, 2.24) is 15.5 Å². The molecule has 6 heteroatoms. The second kappa shape index (κ2) is 8.74. The van der Waals surface area contributed by atoms with Crippen LogP contribution in [0.3, 0.4) is 0 Å². The van der Waals surface area contributed by atoms with Crippen LogP contribution in [-0.2, 0) is 4.79 Å². The summed E-state index contributed by atoms with van der Waals surface area (Å²) < 4.78 is 0. The molecule has 3 N–H and O–H groups in total. The Balaban J connectivity index is 4.03. The summed E-state index contributed by atoms with van der Waals surface area (Å²) >= 11 is 0. The number of carbonyl (C=O) groups excluding carboxylic acids is 1. The fourth-order valence-corrected chi connectivity index (χ4v) is 1.49. The second-order valence-corrected chi connectivity index (χ2v) is 4.79. The third-order valence-electron chi connectivity index (χ3n) is 2.57. The molecule has 0 saturated carbocycles. The maximum absolute atomic E-state index is 11.6. The number of hydrogen-bond donors (Lipinski definition) is 3. The molecule has 0 aliphatic carbocycles. The van der Waals surface area contributed by atoms with Crippen LogP contribution in [0.4, 0.5) is 4.79 Å². The molecule has 0 aliphatic heterocycles. The Morgan fingerprint density at radius 2 is 1.83 bits per heavy atom. The van der Waals surface area contributed by atoms with Crippen LogP contribution in [-0.4, -0.2) is 54.7 Å². The fraction of sp³-hybridized carbons (Fsp3) is 0.833. The van der Waals surface area contributed by atoms with E-state index in [1.165, 1.54) is 0 Å². The first kappa shape index (κ1) is 16.7. The lowest BCUT2D eigenvalue weighted by Crippen LogP contribution is -2.48. The first-order chi connectivity index (χ1) is 8.36. The molecule has 0 aromatic heterocycles. The van der Waals surface area contributed by atoms with Gasteiger partial charge in [0.1, 0.15) is 6.04 Å². The van der Waals surface area contributed by atoms with Gasteiger partial charge >= 0.3 is 12.0 Å². The van der Waals surface area contributed by atoms with E-state index in [9.17, 15) is 9.59 Å². The Morgan fingerprint density at radius 1 is 1.22 bits per heavy atom. The summed E-state index contributed by atoms with van der Waals surface area (Å²) in [6.45, 7) is 4.66. The van der Waals surface area contributed by atoms with Crippen LogP contribution >= 0.6 is 0 Å². The first-order valence-corrected chi connectivity index (χ1v) is 6.31. The van der Waals surface area contributed by atoms with E-state index in [0.717, 1.165) is 13.0 Å². The molecule has 0 heterocycles. The van der Waals surface area contributed by atoms with Gasteiger partial charge in [0.05, 0.1) is 0 Å². The molecular formula is C12H25N3O3. The number of rotatable bonds is 8. The van der Waals surface area contributed by atoms with Gasteiger partial charge in [0.15, 0.2) is 0 Å². The minimum absolute atomic E-state index is 0.0171. The van der Waals surface area contributed by atoms with E-state index in [2.05, 4.69) is 10.6 Å². The van der Waals surface area contributed by atoms with Gasteiger partial charge in [-0.3, -0.25) is 0 Å². The van der Waals surface area contributed by atoms with Crippen LogP contribution in [0.15, 0.2) is 0 Å². The SMILES string of the molecule is CCC[C@H](NC(=O)NC(C)CCN(C)C)C(=O)O. The largest absolute Gasteiger partial charge is 0.480 e. The van der Waals surface area contributed by atoms with Crippen molar-refractivity contribution in [1.29, 1.82) is 0 Å². The summed E-state index contributed by atoms with van der Waals surface area (Å²) in [7, 11) is 3.93. The van der Waals surface area contributed by atoms with Gasteiger partial charge in [0, 0.05) is 6.04 Å². The molecule has 18 heavy (non-hydrogen) atoms. The number of hydrogen-bond acceptors (Lipinski definition) is 3. The van der Waals surface area contributed by atoms with Gasteiger partial charge in [0.2, 0.25) is 0 Å². The molecule has 0 rings (SSSR count). The van der Waals surface area contributed by atoms with Crippen molar-refractivity contribution in [3.63, 3.8) is 0 Å². The van der Waals surface area contributed by atoms with Crippen LogP contribution in [0.2, 0.25) is 0 Å². The van der Waals surface area contributed by atoms with Gasteiger partial charge in [-0.1, -0.05) is 13.3 Å². The molecule has 1 unspecified atom stereocenters. The topological polar surface area (TPSA) is 81.7 Å². The molecule has 0 aromatic carbocycles. The van der Waals surface area contributed by atoms with Crippen molar-refractivity contribution in [3.05, 3.63) is 0 Å². The van der Waals surface area contributed by atoms with Crippen molar-refractivity contribution in [2.75, 3.05) is 20.6 Å². The maximum atomic E-state index is 11.6. The zero-order valence-electron chi connectivity index (χ0n) is 11.7. The zero-order valence-corrected chi connectivity index (χ0v) is 11.7. The molecule has 6 nitrogen and oxygen atoms in total. The molecule has 0 saturated heterocycles. The number of amides is 2. The highest BCUT2D eigenvalue weighted by atomic mass is 16.4. The van der Waals surface area contributed by atoms with Crippen molar-refractivity contribution in [2.24, 2.45) is 0 Å². The van der Waals surface area contributed by atoms with E-state index in [0.29, 0.717) is 12.8 Å².